The molecule has 0 aliphatic carbocycles. The molecule has 26 heavy (non-hydrogen) atoms. The first-order valence-electron chi connectivity index (χ1n) is 8.39. The van der Waals surface area contributed by atoms with E-state index in [9.17, 15) is 9.59 Å². The van der Waals surface area contributed by atoms with E-state index in [2.05, 4.69) is 24.1 Å². The van der Waals surface area contributed by atoms with Crippen molar-refractivity contribution in [1.29, 1.82) is 5.26 Å². The van der Waals surface area contributed by atoms with Gasteiger partial charge in [-0.05, 0) is 30.5 Å². The minimum Gasteiger partial charge on any atom is -0.354 e. The van der Waals surface area contributed by atoms with Crippen LogP contribution in [0.1, 0.15) is 26.7 Å². The molecule has 0 aliphatic heterocycles. The first-order valence-corrected chi connectivity index (χ1v) is 9.75. The zero-order valence-corrected chi connectivity index (χ0v) is 16.4. The van der Waals surface area contributed by atoms with Crippen molar-refractivity contribution in [2.24, 2.45) is 5.92 Å². The van der Waals surface area contributed by atoms with Crippen LogP contribution in [0.2, 0.25) is 5.02 Å². The molecule has 0 spiro atoms. The number of nitrogens with zero attached hydrogens (tertiary/aromatic N) is 3. The molecule has 0 radical (unpaired) electrons. The summed E-state index contributed by atoms with van der Waals surface area (Å²) in [5, 5.41) is 12.7. The molecular weight excluding hydrogens is 372 g/mol. The predicted molar refractivity (Wildman–Crippen MR) is 104 cm³/mol. The van der Waals surface area contributed by atoms with Crippen LogP contribution >= 0.6 is 23.4 Å². The van der Waals surface area contributed by atoms with Crippen LogP contribution in [0.4, 0.5) is 0 Å². The lowest BCUT2D eigenvalue weighted by Gasteiger charge is -2.14. The van der Waals surface area contributed by atoms with Crippen molar-refractivity contribution in [3.63, 3.8) is 0 Å². The Morgan fingerprint density at radius 1 is 1.46 bits per heavy atom. The summed E-state index contributed by atoms with van der Waals surface area (Å²) in [6, 6.07) is 6.99. The molecule has 0 atom stereocenters. The van der Waals surface area contributed by atoms with Crippen LogP contribution < -0.4 is 10.9 Å². The van der Waals surface area contributed by atoms with E-state index in [1.807, 2.05) is 6.07 Å². The van der Waals surface area contributed by atoms with Gasteiger partial charge in [-0.15, -0.1) is 0 Å². The van der Waals surface area contributed by atoms with Crippen molar-refractivity contribution in [1.82, 2.24) is 14.9 Å². The summed E-state index contributed by atoms with van der Waals surface area (Å²) < 4.78 is 1.63. The molecule has 1 amide bonds. The fourth-order valence-corrected chi connectivity index (χ4v) is 3.33. The second-order valence-corrected chi connectivity index (χ2v) is 7.62. The van der Waals surface area contributed by atoms with Gasteiger partial charge in [0, 0.05) is 18.1 Å². The molecular formula is C18H21ClN4O2S. The van der Waals surface area contributed by atoms with Gasteiger partial charge in [0.25, 0.3) is 5.56 Å². The molecule has 0 saturated carbocycles. The van der Waals surface area contributed by atoms with Gasteiger partial charge in [0.05, 0.1) is 29.1 Å². The third kappa shape index (κ3) is 5.48. The molecule has 0 bridgehead atoms. The molecule has 6 nitrogen and oxygen atoms in total. The average molecular weight is 393 g/mol. The fourth-order valence-electron chi connectivity index (χ4n) is 2.31. The number of hydrogen-bond acceptors (Lipinski definition) is 5. The number of nitriles is 1. The summed E-state index contributed by atoms with van der Waals surface area (Å²) in [7, 11) is 0. The quantitative estimate of drug-likeness (QED) is 0.423. The summed E-state index contributed by atoms with van der Waals surface area (Å²) in [6.45, 7) is 5.04. The van der Waals surface area contributed by atoms with Gasteiger partial charge in [0.2, 0.25) is 5.91 Å². The number of amides is 1. The van der Waals surface area contributed by atoms with Gasteiger partial charge in [0.15, 0.2) is 5.16 Å². The first-order chi connectivity index (χ1) is 12.4. The van der Waals surface area contributed by atoms with Crippen molar-refractivity contribution in [3.8, 4) is 6.07 Å². The molecule has 0 saturated heterocycles. The Morgan fingerprint density at radius 3 is 2.92 bits per heavy atom. The Balaban J connectivity index is 2.29. The Hall–Kier alpha value is -2.04. The van der Waals surface area contributed by atoms with Crippen molar-refractivity contribution in [3.05, 3.63) is 33.6 Å². The van der Waals surface area contributed by atoms with Crippen LogP contribution in [0, 0.1) is 17.2 Å². The van der Waals surface area contributed by atoms with Crippen LogP contribution in [-0.4, -0.2) is 27.8 Å². The maximum absolute atomic E-state index is 12.9. The first kappa shape index (κ1) is 20.3. The number of aromatic nitrogens is 2. The largest absolute Gasteiger partial charge is 0.354 e. The van der Waals surface area contributed by atoms with E-state index in [0.717, 1.165) is 6.42 Å². The standard InChI is InChI=1S/C18H21ClN4O2S/c1-12(2)6-9-23-17(25)14-5-4-13(19)10-15(14)22-18(23)26-11-16(24)21-8-3-7-20/h4-5,10,12H,3,6,8-9,11H2,1-2H3,(H,21,24). The highest BCUT2D eigenvalue weighted by atomic mass is 35.5. The summed E-state index contributed by atoms with van der Waals surface area (Å²) in [6.07, 6.45) is 1.10. The van der Waals surface area contributed by atoms with E-state index in [-0.39, 0.29) is 23.6 Å². The zero-order valence-electron chi connectivity index (χ0n) is 14.8. The van der Waals surface area contributed by atoms with Crippen LogP contribution in [0.15, 0.2) is 28.2 Å². The summed E-state index contributed by atoms with van der Waals surface area (Å²) >= 11 is 7.23. The van der Waals surface area contributed by atoms with Crippen LogP contribution in [-0.2, 0) is 11.3 Å². The van der Waals surface area contributed by atoms with Gasteiger partial charge in [-0.2, -0.15) is 5.26 Å². The Kier molecular flexibility index (Phi) is 7.49. The van der Waals surface area contributed by atoms with Gasteiger partial charge < -0.3 is 5.32 Å². The van der Waals surface area contributed by atoms with Crippen molar-refractivity contribution < 1.29 is 4.79 Å². The predicted octanol–water partition coefficient (Wildman–Crippen LogP) is 3.22. The van der Waals surface area contributed by atoms with E-state index in [1.165, 1.54) is 11.8 Å². The molecule has 1 heterocycles. The molecule has 1 aromatic heterocycles. The highest BCUT2D eigenvalue weighted by Crippen LogP contribution is 2.21. The number of rotatable bonds is 8. The van der Waals surface area contributed by atoms with Gasteiger partial charge in [0.1, 0.15) is 0 Å². The third-order valence-electron chi connectivity index (χ3n) is 3.70. The second kappa shape index (κ2) is 9.60. The lowest BCUT2D eigenvalue weighted by molar-refractivity contribution is -0.118. The zero-order chi connectivity index (χ0) is 19.1. The Labute approximate surface area is 161 Å². The maximum atomic E-state index is 12.9. The van der Waals surface area contributed by atoms with Crippen LogP contribution in [0.3, 0.4) is 0 Å². The topological polar surface area (TPSA) is 87.8 Å². The molecule has 0 aliphatic rings. The number of carbonyl (C=O) groups excluding carboxylic acids is 1. The highest BCUT2D eigenvalue weighted by Gasteiger charge is 2.14. The number of benzene rings is 1. The molecule has 1 aromatic carbocycles. The summed E-state index contributed by atoms with van der Waals surface area (Å²) in [5.41, 5.74) is 0.399. The molecule has 0 unspecified atom stereocenters. The van der Waals surface area contributed by atoms with E-state index in [0.29, 0.717) is 40.1 Å². The van der Waals surface area contributed by atoms with Gasteiger partial charge in [-0.3, -0.25) is 14.2 Å². The van der Waals surface area contributed by atoms with Crippen molar-refractivity contribution >= 4 is 40.2 Å². The van der Waals surface area contributed by atoms with Gasteiger partial charge >= 0.3 is 0 Å². The maximum Gasteiger partial charge on any atom is 0.262 e. The molecule has 8 heteroatoms. The minimum absolute atomic E-state index is 0.125. The van der Waals surface area contributed by atoms with E-state index in [1.54, 1.807) is 22.8 Å². The van der Waals surface area contributed by atoms with E-state index in [4.69, 9.17) is 16.9 Å². The summed E-state index contributed by atoms with van der Waals surface area (Å²) in [4.78, 5) is 29.3. The second-order valence-electron chi connectivity index (χ2n) is 6.24. The molecule has 0 fully saturated rings. The average Bonchev–Trinajstić information content (AvgIpc) is 2.59. The number of halogens is 1. The molecule has 2 aromatic rings. The molecule has 2 rings (SSSR count). The number of thioether (sulfide) groups is 1. The van der Waals surface area contributed by atoms with E-state index < -0.39 is 0 Å². The molecule has 138 valence electrons. The third-order valence-corrected chi connectivity index (χ3v) is 4.92. The Morgan fingerprint density at radius 2 is 2.23 bits per heavy atom. The van der Waals surface area contributed by atoms with Gasteiger partial charge in [-0.1, -0.05) is 37.2 Å². The normalized spacial score (nSPS) is 10.9. The monoisotopic (exact) mass is 392 g/mol. The number of hydrogen-bond donors (Lipinski definition) is 1. The fraction of sp³-hybridized carbons (Fsp3) is 0.444. The Bertz CT molecular complexity index is 889. The van der Waals surface area contributed by atoms with Crippen molar-refractivity contribution in [2.45, 2.75) is 38.4 Å². The number of carbonyl (C=O) groups is 1. The van der Waals surface area contributed by atoms with Crippen LogP contribution in [0.25, 0.3) is 10.9 Å². The number of nitrogens with one attached hydrogen (secondary N) is 1. The smallest absolute Gasteiger partial charge is 0.262 e. The SMILES string of the molecule is CC(C)CCn1c(SCC(=O)NCCC#N)nc2cc(Cl)ccc2c1=O. The highest BCUT2D eigenvalue weighted by molar-refractivity contribution is 7.99. The van der Waals surface area contributed by atoms with E-state index >= 15 is 0 Å². The number of fused-ring (bicyclic) bond motifs is 1. The molecule has 1 N–H and O–H groups in total. The lowest BCUT2D eigenvalue weighted by Crippen LogP contribution is -2.28. The summed E-state index contributed by atoms with van der Waals surface area (Å²) in [5.74, 6) is 0.377. The minimum atomic E-state index is -0.193. The van der Waals surface area contributed by atoms with Crippen molar-refractivity contribution in [2.75, 3.05) is 12.3 Å². The van der Waals surface area contributed by atoms with Crippen LogP contribution in [0.5, 0.6) is 0 Å². The van der Waals surface area contributed by atoms with Gasteiger partial charge in [-0.25, -0.2) is 4.98 Å². The lowest BCUT2D eigenvalue weighted by atomic mass is 10.1.